The first-order valence-corrected chi connectivity index (χ1v) is 4.57. The Kier molecular flexibility index (Phi) is 2.29. The van der Waals surface area contributed by atoms with Gasteiger partial charge in [-0.25, -0.2) is 4.79 Å². The molecule has 0 spiro atoms. The highest BCUT2D eigenvalue weighted by atomic mass is 16.4. The summed E-state index contributed by atoms with van der Waals surface area (Å²) in [7, 11) is 0. The molecule has 15 heavy (non-hydrogen) atoms. The molecule has 0 fully saturated rings. The molecule has 3 nitrogen and oxygen atoms in total. The molecule has 1 N–H and O–H groups in total. The van der Waals surface area contributed by atoms with Crippen molar-refractivity contribution in [2.24, 2.45) is 0 Å². The molecule has 2 rings (SSSR count). The quantitative estimate of drug-likeness (QED) is 0.814. The second-order valence-electron chi connectivity index (χ2n) is 3.29. The summed E-state index contributed by atoms with van der Waals surface area (Å²) in [5.74, 6) is -1.04. The Morgan fingerprint density at radius 2 is 1.93 bits per heavy atom. The highest BCUT2D eigenvalue weighted by Gasteiger charge is 2.18. The van der Waals surface area contributed by atoms with Crippen LogP contribution in [0.5, 0.6) is 0 Å². The van der Waals surface area contributed by atoms with Crippen LogP contribution in [0.1, 0.15) is 16.1 Å². The van der Waals surface area contributed by atoms with Crippen molar-refractivity contribution in [1.82, 2.24) is 0 Å². The minimum atomic E-state index is -1.04. The van der Waals surface area contributed by atoms with Crippen LogP contribution in [0.2, 0.25) is 0 Å². The average molecular weight is 202 g/mol. The number of benzene rings is 1. The fraction of sp³-hybridized carbons (Fsp3) is 0.0833. The number of furan rings is 1. The molecule has 0 unspecified atom stereocenters. The third kappa shape index (κ3) is 1.64. The smallest absolute Gasteiger partial charge is 0.372 e. The number of aryl methyl sites for hydroxylation is 1. The fourth-order valence-corrected chi connectivity index (χ4v) is 1.57. The molecule has 0 radical (unpaired) electrons. The monoisotopic (exact) mass is 202 g/mol. The van der Waals surface area contributed by atoms with E-state index in [0.717, 1.165) is 11.1 Å². The van der Waals surface area contributed by atoms with Crippen molar-refractivity contribution in [2.75, 3.05) is 0 Å². The predicted octanol–water partition coefficient (Wildman–Crippen LogP) is 2.95. The third-order valence-corrected chi connectivity index (χ3v) is 2.23. The second kappa shape index (κ2) is 3.61. The number of carbonyl (C=O) groups is 1. The van der Waals surface area contributed by atoms with Crippen LogP contribution in [0.4, 0.5) is 0 Å². The summed E-state index contributed by atoms with van der Waals surface area (Å²) in [6, 6.07) is 9.36. The normalized spacial score (nSPS) is 10.2. The molecule has 0 saturated carbocycles. The first-order chi connectivity index (χ1) is 7.20. The maximum atomic E-state index is 10.9. The molecule has 3 heteroatoms. The molecule has 0 saturated heterocycles. The van der Waals surface area contributed by atoms with Crippen molar-refractivity contribution < 1.29 is 14.3 Å². The second-order valence-corrected chi connectivity index (χ2v) is 3.29. The number of carboxylic acid groups (broad SMARTS) is 1. The number of hydrogen-bond acceptors (Lipinski definition) is 2. The van der Waals surface area contributed by atoms with Gasteiger partial charge in [0.15, 0.2) is 0 Å². The van der Waals surface area contributed by atoms with E-state index in [-0.39, 0.29) is 5.76 Å². The summed E-state index contributed by atoms with van der Waals surface area (Å²) in [5, 5.41) is 8.95. The van der Waals surface area contributed by atoms with Gasteiger partial charge in [0, 0.05) is 5.56 Å². The van der Waals surface area contributed by atoms with E-state index in [4.69, 9.17) is 9.52 Å². The summed E-state index contributed by atoms with van der Waals surface area (Å²) in [4.78, 5) is 10.9. The molecular formula is C12H10O3. The Morgan fingerprint density at radius 3 is 2.53 bits per heavy atom. The van der Waals surface area contributed by atoms with E-state index >= 15 is 0 Å². The van der Waals surface area contributed by atoms with Crippen LogP contribution in [0, 0.1) is 6.92 Å². The van der Waals surface area contributed by atoms with Gasteiger partial charge in [-0.15, -0.1) is 0 Å². The lowest BCUT2D eigenvalue weighted by Crippen LogP contribution is -1.96. The van der Waals surface area contributed by atoms with E-state index in [9.17, 15) is 4.79 Å². The Morgan fingerprint density at radius 1 is 1.27 bits per heavy atom. The lowest BCUT2D eigenvalue weighted by atomic mass is 10.0. The van der Waals surface area contributed by atoms with E-state index in [1.807, 2.05) is 37.3 Å². The number of hydrogen-bond donors (Lipinski definition) is 1. The molecule has 1 heterocycles. The van der Waals surface area contributed by atoms with Crippen molar-refractivity contribution in [2.45, 2.75) is 6.92 Å². The van der Waals surface area contributed by atoms with Crippen molar-refractivity contribution in [3.63, 3.8) is 0 Å². The summed E-state index contributed by atoms with van der Waals surface area (Å²) >= 11 is 0. The zero-order valence-corrected chi connectivity index (χ0v) is 8.23. The topological polar surface area (TPSA) is 50.4 Å². The van der Waals surface area contributed by atoms with E-state index in [0.29, 0.717) is 5.56 Å². The van der Waals surface area contributed by atoms with Crippen LogP contribution < -0.4 is 0 Å². The Hall–Kier alpha value is -2.03. The average Bonchev–Trinajstić information content (AvgIpc) is 2.61. The van der Waals surface area contributed by atoms with Gasteiger partial charge in [0.25, 0.3) is 0 Å². The maximum absolute atomic E-state index is 10.9. The SMILES string of the molecule is Cc1coc(C(=O)O)c1-c1ccccc1. The standard InChI is InChI=1S/C12H10O3/c1-8-7-15-11(12(13)14)10(8)9-5-3-2-4-6-9/h2-7H,1H3,(H,13,14). The number of rotatable bonds is 2. The number of carboxylic acids is 1. The molecule has 0 aliphatic heterocycles. The zero-order chi connectivity index (χ0) is 10.8. The maximum Gasteiger partial charge on any atom is 0.372 e. The third-order valence-electron chi connectivity index (χ3n) is 2.23. The summed E-state index contributed by atoms with van der Waals surface area (Å²) in [6.07, 6.45) is 1.46. The molecule has 1 aromatic carbocycles. The van der Waals surface area contributed by atoms with Gasteiger partial charge in [-0.1, -0.05) is 30.3 Å². The molecule has 0 atom stereocenters. The number of aromatic carboxylic acids is 1. The molecule has 0 bridgehead atoms. The van der Waals surface area contributed by atoms with E-state index in [1.54, 1.807) is 0 Å². The summed E-state index contributed by atoms with van der Waals surface area (Å²) < 4.78 is 5.01. The van der Waals surface area contributed by atoms with Gasteiger partial charge in [0.2, 0.25) is 5.76 Å². The molecule has 0 aliphatic rings. The van der Waals surface area contributed by atoms with Crippen LogP contribution in [0.3, 0.4) is 0 Å². The Labute approximate surface area is 87.0 Å². The first kappa shape index (κ1) is 9.52. The van der Waals surface area contributed by atoms with Gasteiger partial charge in [-0.05, 0) is 18.1 Å². The van der Waals surface area contributed by atoms with Gasteiger partial charge in [-0.2, -0.15) is 0 Å². The molecule has 0 aliphatic carbocycles. The van der Waals surface area contributed by atoms with Crippen molar-refractivity contribution in [3.8, 4) is 11.1 Å². The van der Waals surface area contributed by atoms with Crippen LogP contribution in [0.15, 0.2) is 41.0 Å². The Bertz CT molecular complexity index is 483. The van der Waals surface area contributed by atoms with E-state index in [1.165, 1.54) is 6.26 Å². The van der Waals surface area contributed by atoms with Gasteiger partial charge in [0.05, 0.1) is 6.26 Å². The van der Waals surface area contributed by atoms with Crippen molar-refractivity contribution in [3.05, 3.63) is 47.9 Å². The Balaban J connectivity index is 2.62. The highest BCUT2D eigenvalue weighted by Crippen LogP contribution is 2.28. The van der Waals surface area contributed by atoms with Crippen molar-refractivity contribution in [1.29, 1.82) is 0 Å². The summed E-state index contributed by atoms with van der Waals surface area (Å²) in [6.45, 7) is 1.83. The van der Waals surface area contributed by atoms with Gasteiger partial charge < -0.3 is 9.52 Å². The van der Waals surface area contributed by atoms with Crippen LogP contribution in [-0.4, -0.2) is 11.1 Å². The predicted molar refractivity (Wildman–Crippen MR) is 55.8 cm³/mol. The van der Waals surface area contributed by atoms with Gasteiger partial charge in [-0.3, -0.25) is 0 Å². The van der Waals surface area contributed by atoms with Gasteiger partial charge in [0.1, 0.15) is 0 Å². The van der Waals surface area contributed by atoms with Crippen LogP contribution >= 0.6 is 0 Å². The molecule has 1 aromatic heterocycles. The lowest BCUT2D eigenvalue weighted by molar-refractivity contribution is 0.0663. The lowest BCUT2D eigenvalue weighted by Gasteiger charge is -2.00. The van der Waals surface area contributed by atoms with Crippen LogP contribution in [-0.2, 0) is 0 Å². The minimum absolute atomic E-state index is 0.00120. The van der Waals surface area contributed by atoms with Gasteiger partial charge >= 0.3 is 5.97 Å². The van der Waals surface area contributed by atoms with E-state index < -0.39 is 5.97 Å². The molecule has 76 valence electrons. The molecular weight excluding hydrogens is 192 g/mol. The minimum Gasteiger partial charge on any atom is -0.475 e. The largest absolute Gasteiger partial charge is 0.475 e. The fourth-order valence-electron chi connectivity index (χ4n) is 1.57. The zero-order valence-electron chi connectivity index (χ0n) is 8.23. The molecule has 0 amide bonds. The van der Waals surface area contributed by atoms with E-state index in [2.05, 4.69) is 0 Å². The first-order valence-electron chi connectivity index (χ1n) is 4.57. The molecule has 2 aromatic rings. The van der Waals surface area contributed by atoms with Crippen molar-refractivity contribution >= 4 is 5.97 Å². The highest BCUT2D eigenvalue weighted by molar-refractivity contribution is 5.94. The summed E-state index contributed by atoms with van der Waals surface area (Å²) in [5.41, 5.74) is 2.35. The van der Waals surface area contributed by atoms with Crippen LogP contribution in [0.25, 0.3) is 11.1 Å².